The van der Waals surface area contributed by atoms with Gasteiger partial charge in [-0.05, 0) is 60.4 Å². The molecule has 1 N–H and O–H groups in total. The molecule has 0 spiro atoms. The first kappa shape index (κ1) is 20.7. The number of halogens is 1. The Morgan fingerprint density at radius 2 is 1.79 bits per heavy atom. The van der Waals surface area contributed by atoms with Gasteiger partial charge < -0.3 is 9.27 Å². The fourth-order valence-electron chi connectivity index (χ4n) is 3.12. The second-order valence-corrected chi connectivity index (χ2v) is 8.54. The molecule has 0 saturated carbocycles. The van der Waals surface area contributed by atoms with Crippen molar-refractivity contribution in [3.05, 3.63) is 63.5 Å². The molecule has 1 atom stereocenters. The number of hydrogen-bond donors (Lipinski definition) is 1. The third-order valence-electron chi connectivity index (χ3n) is 4.54. The molecule has 146 valence electrons. The SMILES string of the molecule is CCC(=O)c1sc(-c2ccc(Cl)cc2)c(C)c1-c1ccc(NS(=O)[O-])c(C)c1. The van der Waals surface area contributed by atoms with Crippen LogP contribution in [0.5, 0.6) is 0 Å². The van der Waals surface area contributed by atoms with Crippen molar-refractivity contribution >= 4 is 45.7 Å². The summed E-state index contributed by atoms with van der Waals surface area (Å²) < 4.78 is 24.3. The van der Waals surface area contributed by atoms with Crippen LogP contribution in [0.2, 0.25) is 5.02 Å². The summed E-state index contributed by atoms with van der Waals surface area (Å²) in [6, 6.07) is 13.0. The van der Waals surface area contributed by atoms with Gasteiger partial charge in [-0.2, -0.15) is 0 Å². The van der Waals surface area contributed by atoms with Gasteiger partial charge in [-0.1, -0.05) is 36.7 Å². The molecule has 0 amide bonds. The van der Waals surface area contributed by atoms with Crippen LogP contribution in [0.3, 0.4) is 0 Å². The van der Waals surface area contributed by atoms with Crippen molar-refractivity contribution in [1.29, 1.82) is 0 Å². The Labute approximate surface area is 176 Å². The number of ketones is 1. The van der Waals surface area contributed by atoms with Crippen LogP contribution in [0.1, 0.15) is 34.1 Å². The van der Waals surface area contributed by atoms with Crippen molar-refractivity contribution in [1.82, 2.24) is 0 Å². The molecule has 2 aromatic carbocycles. The number of carbonyl (C=O) groups excluding carboxylic acids is 1. The minimum atomic E-state index is -2.38. The fourth-order valence-corrected chi connectivity index (χ4v) is 5.00. The lowest BCUT2D eigenvalue weighted by Crippen LogP contribution is -2.04. The van der Waals surface area contributed by atoms with Gasteiger partial charge in [0.1, 0.15) is 0 Å². The third kappa shape index (κ3) is 4.20. The molecule has 3 rings (SSSR count). The van der Waals surface area contributed by atoms with Crippen molar-refractivity contribution < 1.29 is 13.6 Å². The van der Waals surface area contributed by atoms with Gasteiger partial charge in [0.15, 0.2) is 5.78 Å². The molecule has 0 bridgehead atoms. The van der Waals surface area contributed by atoms with E-state index in [2.05, 4.69) is 4.72 Å². The number of Topliss-reactive ketones (excluding diaryl/α,β-unsaturated/α-hetero) is 1. The lowest BCUT2D eigenvalue weighted by molar-refractivity contribution is 0.0992. The van der Waals surface area contributed by atoms with Gasteiger partial charge in [-0.15, -0.1) is 11.3 Å². The van der Waals surface area contributed by atoms with Gasteiger partial charge in [0, 0.05) is 38.8 Å². The van der Waals surface area contributed by atoms with Crippen LogP contribution < -0.4 is 4.72 Å². The first-order valence-corrected chi connectivity index (χ1v) is 11.0. The molecule has 0 aliphatic carbocycles. The average molecular weight is 433 g/mol. The van der Waals surface area contributed by atoms with E-state index in [0.29, 0.717) is 17.1 Å². The molecule has 1 aromatic heterocycles. The number of nitrogens with one attached hydrogen (secondary N) is 1. The number of thiophene rings is 1. The Kier molecular flexibility index (Phi) is 6.35. The fraction of sp³-hybridized carbons (Fsp3) is 0.190. The number of anilines is 1. The second-order valence-electron chi connectivity index (χ2n) is 6.41. The van der Waals surface area contributed by atoms with Crippen molar-refractivity contribution in [2.45, 2.75) is 27.2 Å². The Balaban J connectivity index is 2.16. The van der Waals surface area contributed by atoms with E-state index < -0.39 is 11.3 Å². The number of carbonyl (C=O) groups is 1. The molecular weight excluding hydrogens is 414 g/mol. The summed E-state index contributed by atoms with van der Waals surface area (Å²) in [5.74, 6) is 0.0869. The van der Waals surface area contributed by atoms with Crippen LogP contribution >= 0.6 is 22.9 Å². The second kappa shape index (κ2) is 8.57. The number of benzene rings is 2. The van der Waals surface area contributed by atoms with E-state index in [1.165, 1.54) is 11.3 Å². The van der Waals surface area contributed by atoms with E-state index >= 15 is 0 Å². The predicted octanol–water partition coefficient (Wildman–Crippen LogP) is 6.15. The molecule has 3 aromatic rings. The maximum atomic E-state index is 12.7. The maximum Gasteiger partial charge on any atom is 0.173 e. The Hall–Kier alpha value is -1.99. The zero-order chi connectivity index (χ0) is 20.4. The highest BCUT2D eigenvalue weighted by atomic mass is 35.5. The summed E-state index contributed by atoms with van der Waals surface area (Å²) in [5.41, 5.74) is 5.14. The smallest absolute Gasteiger partial charge is 0.173 e. The molecule has 0 saturated heterocycles. The molecule has 0 radical (unpaired) electrons. The normalized spacial score (nSPS) is 12.0. The Morgan fingerprint density at radius 3 is 2.36 bits per heavy atom. The lowest BCUT2D eigenvalue weighted by atomic mass is 9.96. The number of rotatable bonds is 6. The average Bonchev–Trinajstić information content (AvgIpc) is 3.00. The zero-order valence-corrected chi connectivity index (χ0v) is 18.1. The summed E-state index contributed by atoms with van der Waals surface area (Å²) in [6.45, 7) is 5.70. The van der Waals surface area contributed by atoms with Gasteiger partial charge in [0.25, 0.3) is 0 Å². The number of hydrogen-bond acceptors (Lipinski definition) is 4. The van der Waals surface area contributed by atoms with Crippen molar-refractivity contribution in [2.24, 2.45) is 0 Å². The molecule has 0 aliphatic heterocycles. The van der Waals surface area contributed by atoms with E-state index in [1.807, 2.05) is 57.2 Å². The minimum absolute atomic E-state index is 0.0869. The molecule has 0 aliphatic rings. The van der Waals surface area contributed by atoms with Crippen LogP contribution in [0, 0.1) is 13.8 Å². The highest BCUT2D eigenvalue weighted by Crippen LogP contribution is 2.43. The summed E-state index contributed by atoms with van der Waals surface area (Å²) in [4.78, 5) is 14.4. The van der Waals surface area contributed by atoms with Crippen molar-refractivity contribution in [2.75, 3.05) is 4.72 Å². The monoisotopic (exact) mass is 432 g/mol. The molecule has 7 heteroatoms. The minimum Gasteiger partial charge on any atom is -0.755 e. The molecule has 1 unspecified atom stereocenters. The first-order valence-electron chi connectivity index (χ1n) is 8.71. The largest absolute Gasteiger partial charge is 0.755 e. The Morgan fingerprint density at radius 1 is 1.14 bits per heavy atom. The zero-order valence-electron chi connectivity index (χ0n) is 15.7. The van der Waals surface area contributed by atoms with Gasteiger partial charge in [0.05, 0.1) is 4.88 Å². The van der Waals surface area contributed by atoms with Gasteiger partial charge in [-0.25, -0.2) is 0 Å². The van der Waals surface area contributed by atoms with Crippen LogP contribution in [-0.4, -0.2) is 14.5 Å². The van der Waals surface area contributed by atoms with Crippen molar-refractivity contribution in [3.63, 3.8) is 0 Å². The highest BCUT2D eigenvalue weighted by Gasteiger charge is 2.22. The van der Waals surface area contributed by atoms with Crippen LogP contribution in [0.25, 0.3) is 21.6 Å². The van der Waals surface area contributed by atoms with E-state index in [-0.39, 0.29) is 5.78 Å². The topological polar surface area (TPSA) is 69.2 Å². The van der Waals surface area contributed by atoms with E-state index in [1.54, 1.807) is 6.07 Å². The summed E-state index contributed by atoms with van der Waals surface area (Å²) in [6.07, 6.45) is 0.417. The van der Waals surface area contributed by atoms with E-state index in [4.69, 9.17) is 11.6 Å². The van der Waals surface area contributed by atoms with Gasteiger partial charge in [0.2, 0.25) is 0 Å². The third-order valence-corrected chi connectivity index (χ3v) is 6.56. The first-order chi connectivity index (χ1) is 13.3. The summed E-state index contributed by atoms with van der Waals surface area (Å²) >= 11 is 5.12. The Bertz CT molecular complexity index is 1060. The summed E-state index contributed by atoms with van der Waals surface area (Å²) in [5, 5.41) is 0.664. The van der Waals surface area contributed by atoms with E-state index in [9.17, 15) is 13.6 Å². The van der Waals surface area contributed by atoms with Crippen LogP contribution in [-0.2, 0) is 11.3 Å². The lowest BCUT2D eigenvalue weighted by Gasteiger charge is -2.13. The van der Waals surface area contributed by atoms with Crippen LogP contribution in [0.15, 0.2) is 42.5 Å². The standard InChI is InChI=1S/C21H20ClNO3S2/c1-4-18(24)21-19(15-7-10-17(12(2)11-15)23-28(25)26)13(3)20(27-21)14-5-8-16(22)9-6-14/h5-11,23H,4H2,1-3H3,(H,25,26)/p-1. The number of aryl methyl sites for hydroxylation is 1. The molecular formula is C21H19ClNO3S2-. The molecule has 0 fully saturated rings. The molecule has 28 heavy (non-hydrogen) atoms. The molecule has 4 nitrogen and oxygen atoms in total. The van der Waals surface area contributed by atoms with Crippen molar-refractivity contribution in [3.8, 4) is 21.6 Å². The van der Waals surface area contributed by atoms with Gasteiger partial charge >= 0.3 is 0 Å². The summed E-state index contributed by atoms with van der Waals surface area (Å²) in [7, 11) is 0. The highest BCUT2D eigenvalue weighted by molar-refractivity contribution is 7.80. The van der Waals surface area contributed by atoms with Gasteiger partial charge in [-0.3, -0.25) is 9.00 Å². The predicted molar refractivity (Wildman–Crippen MR) is 117 cm³/mol. The van der Waals surface area contributed by atoms with E-state index in [0.717, 1.165) is 37.6 Å². The molecule has 1 heterocycles. The maximum absolute atomic E-state index is 12.7. The van der Waals surface area contributed by atoms with Crippen LogP contribution in [0.4, 0.5) is 5.69 Å². The quantitative estimate of drug-likeness (QED) is 0.375.